The Morgan fingerprint density at radius 1 is 1.07 bits per heavy atom. The van der Waals surface area contributed by atoms with E-state index in [0.717, 1.165) is 16.7 Å². The SMILES string of the molecule is CC1(C)CN(C(=O)NCc2cccc(COCc3ccccc3)c2)CCO1. The summed E-state index contributed by atoms with van der Waals surface area (Å²) in [6, 6.07) is 18.2. The molecule has 1 aliphatic rings. The van der Waals surface area contributed by atoms with Crippen LogP contribution < -0.4 is 5.32 Å². The lowest BCUT2D eigenvalue weighted by Gasteiger charge is -2.38. The summed E-state index contributed by atoms with van der Waals surface area (Å²) in [7, 11) is 0. The standard InChI is InChI=1S/C22H28N2O3/c1-22(2)17-24(11-12-27-22)21(25)23-14-19-9-6-10-20(13-19)16-26-15-18-7-4-3-5-8-18/h3-10,13H,11-12,14-17H2,1-2H3,(H,23,25). The highest BCUT2D eigenvalue weighted by Crippen LogP contribution is 2.16. The van der Waals surface area contributed by atoms with E-state index < -0.39 is 0 Å². The molecule has 1 saturated heterocycles. The lowest BCUT2D eigenvalue weighted by molar-refractivity contribution is -0.0733. The third kappa shape index (κ3) is 6.08. The van der Waals surface area contributed by atoms with Gasteiger partial charge in [0.25, 0.3) is 0 Å². The Morgan fingerprint density at radius 2 is 1.78 bits per heavy atom. The number of amides is 2. The van der Waals surface area contributed by atoms with Gasteiger partial charge in [0.1, 0.15) is 0 Å². The number of ether oxygens (including phenoxy) is 2. The monoisotopic (exact) mass is 368 g/mol. The molecule has 0 unspecified atom stereocenters. The van der Waals surface area contributed by atoms with Crippen LogP contribution in [-0.2, 0) is 29.2 Å². The van der Waals surface area contributed by atoms with Gasteiger partial charge in [-0.15, -0.1) is 0 Å². The zero-order chi connectivity index (χ0) is 19.1. The summed E-state index contributed by atoms with van der Waals surface area (Å²) in [6.07, 6.45) is 0. The molecule has 0 atom stereocenters. The van der Waals surface area contributed by atoms with E-state index in [2.05, 4.69) is 23.5 Å². The third-order valence-electron chi connectivity index (χ3n) is 4.53. The second-order valence-electron chi connectivity index (χ2n) is 7.49. The molecule has 0 aliphatic carbocycles. The lowest BCUT2D eigenvalue weighted by atomic mass is 10.1. The van der Waals surface area contributed by atoms with Gasteiger partial charge >= 0.3 is 6.03 Å². The van der Waals surface area contributed by atoms with Crippen LogP contribution in [0, 0.1) is 0 Å². The Balaban J connectivity index is 1.46. The van der Waals surface area contributed by atoms with Gasteiger partial charge in [0.2, 0.25) is 0 Å². The number of carbonyl (C=O) groups is 1. The molecule has 0 spiro atoms. The Bertz CT molecular complexity index is 746. The molecule has 2 amide bonds. The Labute approximate surface area is 161 Å². The molecular weight excluding hydrogens is 340 g/mol. The average molecular weight is 368 g/mol. The van der Waals surface area contributed by atoms with Crippen LogP contribution in [0.1, 0.15) is 30.5 Å². The second-order valence-corrected chi connectivity index (χ2v) is 7.49. The fraction of sp³-hybridized carbons (Fsp3) is 0.409. The molecule has 1 fully saturated rings. The minimum absolute atomic E-state index is 0.0443. The lowest BCUT2D eigenvalue weighted by Crippen LogP contribution is -2.53. The van der Waals surface area contributed by atoms with Gasteiger partial charge in [0.15, 0.2) is 0 Å². The summed E-state index contributed by atoms with van der Waals surface area (Å²) < 4.78 is 11.5. The van der Waals surface area contributed by atoms with E-state index in [0.29, 0.717) is 39.5 Å². The van der Waals surface area contributed by atoms with Crippen LogP contribution in [0.4, 0.5) is 4.79 Å². The van der Waals surface area contributed by atoms with Crippen LogP contribution in [0.25, 0.3) is 0 Å². The number of urea groups is 1. The number of hydrogen-bond acceptors (Lipinski definition) is 3. The van der Waals surface area contributed by atoms with Crippen molar-refractivity contribution in [1.29, 1.82) is 0 Å². The van der Waals surface area contributed by atoms with Crippen molar-refractivity contribution < 1.29 is 14.3 Å². The highest BCUT2D eigenvalue weighted by atomic mass is 16.5. The summed E-state index contributed by atoms with van der Waals surface area (Å²) in [5.41, 5.74) is 3.04. The Hall–Kier alpha value is -2.37. The maximum atomic E-state index is 12.4. The molecule has 0 radical (unpaired) electrons. The van der Waals surface area contributed by atoms with Crippen molar-refractivity contribution in [1.82, 2.24) is 10.2 Å². The molecule has 144 valence electrons. The minimum atomic E-state index is -0.286. The van der Waals surface area contributed by atoms with Crippen molar-refractivity contribution in [3.05, 3.63) is 71.3 Å². The van der Waals surface area contributed by atoms with E-state index in [1.807, 2.05) is 55.1 Å². The summed E-state index contributed by atoms with van der Waals surface area (Å²) in [5, 5.41) is 3.01. The first-order valence-electron chi connectivity index (χ1n) is 9.38. The van der Waals surface area contributed by atoms with E-state index in [1.165, 1.54) is 0 Å². The average Bonchev–Trinajstić information content (AvgIpc) is 2.66. The Morgan fingerprint density at radius 3 is 2.56 bits per heavy atom. The van der Waals surface area contributed by atoms with Crippen molar-refractivity contribution in [2.45, 2.75) is 39.2 Å². The predicted octanol–water partition coefficient (Wildman–Crippen LogP) is 3.72. The normalized spacial score (nSPS) is 16.1. The number of benzene rings is 2. The summed E-state index contributed by atoms with van der Waals surface area (Å²) >= 11 is 0. The van der Waals surface area contributed by atoms with Crippen LogP contribution in [0.5, 0.6) is 0 Å². The minimum Gasteiger partial charge on any atom is -0.372 e. The third-order valence-corrected chi connectivity index (χ3v) is 4.53. The summed E-state index contributed by atoms with van der Waals surface area (Å²) in [4.78, 5) is 14.2. The van der Waals surface area contributed by atoms with Crippen molar-refractivity contribution in [2.75, 3.05) is 19.7 Å². The maximum Gasteiger partial charge on any atom is 0.317 e. The molecule has 0 saturated carbocycles. The van der Waals surface area contributed by atoms with Gasteiger partial charge in [0, 0.05) is 13.1 Å². The first kappa shape index (κ1) is 19.4. The molecule has 5 heteroatoms. The van der Waals surface area contributed by atoms with Crippen LogP contribution in [-0.4, -0.2) is 36.2 Å². The van der Waals surface area contributed by atoms with E-state index >= 15 is 0 Å². The fourth-order valence-corrected chi connectivity index (χ4v) is 3.17. The highest BCUT2D eigenvalue weighted by Gasteiger charge is 2.29. The quantitative estimate of drug-likeness (QED) is 0.845. The summed E-state index contributed by atoms with van der Waals surface area (Å²) in [6.45, 7) is 7.46. The molecule has 3 rings (SSSR count). The highest BCUT2D eigenvalue weighted by molar-refractivity contribution is 5.74. The smallest absolute Gasteiger partial charge is 0.317 e. The van der Waals surface area contributed by atoms with E-state index in [-0.39, 0.29) is 11.6 Å². The van der Waals surface area contributed by atoms with Gasteiger partial charge in [-0.1, -0.05) is 54.6 Å². The molecule has 2 aromatic rings. The fourth-order valence-electron chi connectivity index (χ4n) is 3.17. The molecule has 0 bridgehead atoms. The second kappa shape index (κ2) is 9.02. The van der Waals surface area contributed by atoms with E-state index in [4.69, 9.17) is 9.47 Å². The van der Waals surface area contributed by atoms with Gasteiger partial charge < -0.3 is 19.7 Å². The zero-order valence-corrected chi connectivity index (χ0v) is 16.1. The molecule has 5 nitrogen and oxygen atoms in total. The number of carbonyl (C=O) groups excluding carboxylic acids is 1. The predicted molar refractivity (Wildman–Crippen MR) is 105 cm³/mol. The molecule has 1 heterocycles. The van der Waals surface area contributed by atoms with Gasteiger partial charge in [-0.2, -0.15) is 0 Å². The van der Waals surface area contributed by atoms with Crippen molar-refractivity contribution in [3.8, 4) is 0 Å². The number of nitrogens with one attached hydrogen (secondary N) is 1. The Kier molecular flexibility index (Phi) is 6.48. The largest absolute Gasteiger partial charge is 0.372 e. The molecule has 2 aromatic carbocycles. The van der Waals surface area contributed by atoms with Crippen molar-refractivity contribution in [3.63, 3.8) is 0 Å². The van der Waals surface area contributed by atoms with Crippen LogP contribution in [0.15, 0.2) is 54.6 Å². The van der Waals surface area contributed by atoms with Gasteiger partial charge in [-0.3, -0.25) is 0 Å². The molecule has 27 heavy (non-hydrogen) atoms. The number of rotatable bonds is 6. The van der Waals surface area contributed by atoms with Crippen LogP contribution >= 0.6 is 0 Å². The zero-order valence-electron chi connectivity index (χ0n) is 16.1. The van der Waals surface area contributed by atoms with Gasteiger partial charge in [-0.25, -0.2) is 4.79 Å². The van der Waals surface area contributed by atoms with Crippen LogP contribution in [0.3, 0.4) is 0 Å². The number of morpholine rings is 1. The van der Waals surface area contributed by atoms with Crippen LogP contribution in [0.2, 0.25) is 0 Å². The van der Waals surface area contributed by atoms with Gasteiger partial charge in [0.05, 0.1) is 32.0 Å². The molecule has 1 N–H and O–H groups in total. The maximum absolute atomic E-state index is 12.4. The van der Waals surface area contributed by atoms with E-state index in [9.17, 15) is 4.79 Å². The first-order valence-corrected chi connectivity index (χ1v) is 9.38. The molecule has 1 aliphatic heterocycles. The van der Waals surface area contributed by atoms with Crippen molar-refractivity contribution >= 4 is 6.03 Å². The molecular formula is C22H28N2O3. The molecule has 0 aromatic heterocycles. The topological polar surface area (TPSA) is 50.8 Å². The summed E-state index contributed by atoms with van der Waals surface area (Å²) in [5.74, 6) is 0. The number of hydrogen-bond donors (Lipinski definition) is 1. The first-order chi connectivity index (χ1) is 13.0. The number of nitrogens with zero attached hydrogens (tertiary/aromatic N) is 1. The van der Waals surface area contributed by atoms with Gasteiger partial charge in [-0.05, 0) is 30.5 Å². The van der Waals surface area contributed by atoms with Crippen molar-refractivity contribution in [2.24, 2.45) is 0 Å². The van der Waals surface area contributed by atoms with E-state index in [1.54, 1.807) is 0 Å².